The fraction of sp³-hybridized carbons (Fsp3) is 0.312. The van der Waals surface area contributed by atoms with E-state index in [0.717, 1.165) is 5.92 Å². The number of nitrogens with zero attached hydrogens (tertiary/aromatic N) is 1. The normalized spacial score (nSPS) is 14.9. The first-order chi connectivity index (χ1) is 8.25. The molecule has 1 aromatic carbocycles. The molecule has 0 saturated heterocycles. The van der Waals surface area contributed by atoms with Crippen molar-refractivity contribution in [2.75, 3.05) is 0 Å². The summed E-state index contributed by atoms with van der Waals surface area (Å²) >= 11 is 0. The number of benzene rings is 1. The Bertz CT molecular complexity index is 539. The zero-order valence-corrected chi connectivity index (χ0v) is 10.4. The molecular formula is C16H17N. The van der Waals surface area contributed by atoms with Crippen LogP contribution in [0.3, 0.4) is 0 Å². The average molecular weight is 223 g/mol. The maximum atomic E-state index is 4.22. The molecule has 0 aliphatic heterocycles. The smallest absolute Gasteiger partial charge is 0.0346 e. The SMILES string of the molecule is Cc1cc(C2CC2)cc(-c2cccnc2)c1C. The molecule has 1 fully saturated rings. The average Bonchev–Trinajstić information content (AvgIpc) is 3.18. The van der Waals surface area contributed by atoms with E-state index in [1.165, 1.54) is 40.7 Å². The van der Waals surface area contributed by atoms with Crippen molar-refractivity contribution in [2.24, 2.45) is 0 Å². The second-order valence-corrected chi connectivity index (χ2v) is 5.03. The van der Waals surface area contributed by atoms with Crippen LogP contribution < -0.4 is 0 Å². The summed E-state index contributed by atoms with van der Waals surface area (Å²) in [6.07, 6.45) is 6.50. The third kappa shape index (κ3) is 1.97. The monoisotopic (exact) mass is 223 g/mol. The molecule has 1 aliphatic rings. The fourth-order valence-electron chi connectivity index (χ4n) is 2.36. The van der Waals surface area contributed by atoms with E-state index >= 15 is 0 Å². The summed E-state index contributed by atoms with van der Waals surface area (Å²) in [6.45, 7) is 4.41. The van der Waals surface area contributed by atoms with Crippen LogP contribution in [0.5, 0.6) is 0 Å². The van der Waals surface area contributed by atoms with Crippen LogP contribution in [0.4, 0.5) is 0 Å². The van der Waals surface area contributed by atoms with Gasteiger partial charge in [0.05, 0.1) is 0 Å². The first kappa shape index (κ1) is 10.5. The van der Waals surface area contributed by atoms with E-state index in [-0.39, 0.29) is 0 Å². The van der Waals surface area contributed by atoms with E-state index in [0.29, 0.717) is 0 Å². The zero-order chi connectivity index (χ0) is 11.8. The highest BCUT2D eigenvalue weighted by molar-refractivity contribution is 5.69. The van der Waals surface area contributed by atoms with Crippen LogP contribution in [-0.4, -0.2) is 4.98 Å². The highest BCUT2D eigenvalue weighted by atomic mass is 14.6. The van der Waals surface area contributed by atoms with Crippen LogP contribution in [0.1, 0.15) is 35.4 Å². The molecule has 1 saturated carbocycles. The lowest BCUT2D eigenvalue weighted by Crippen LogP contribution is -1.92. The lowest BCUT2D eigenvalue weighted by Gasteiger charge is -2.12. The summed E-state index contributed by atoms with van der Waals surface area (Å²) < 4.78 is 0. The third-order valence-electron chi connectivity index (χ3n) is 3.71. The summed E-state index contributed by atoms with van der Waals surface area (Å²) in [5, 5.41) is 0. The molecule has 0 radical (unpaired) electrons. The zero-order valence-electron chi connectivity index (χ0n) is 10.4. The van der Waals surface area contributed by atoms with Crippen molar-refractivity contribution >= 4 is 0 Å². The second-order valence-electron chi connectivity index (χ2n) is 5.03. The van der Waals surface area contributed by atoms with Crippen molar-refractivity contribution in [1.29, 1.82) is 0 Å². The number of pyridine rings is 1. The molecule has 17 heavy (non-hydrogen) atoms. The third-order valence-corrected chi connectivity index (χ3v) is 3.71. The standard InChI is InChI=1S/C16H17N/c1-11-8-15(13-5-6-13)9-16(12(11)2)14-4-3-7-17-10-14/h3-4,7-10,13H,5-6H2,1-2H3. The molecule has 0 amide bonds. The fourth-order valence-corrected chi connectivity index (χ4v) is 2.36. The molecule has 86 valence electrons. The molecule has 0 unspecified atom stereocenters. The van der Waals surface area contributed by atoms with Gasteiger partial charge in [-0.25, -0.2) is 0 Å². The second kappa shape index (κ2) is 3.99. The minimum Gasteiger partial charge on any atom is -0.264 e. The largest absolute Gasteiger partial charge is 0.264 e. The van der Waals surface area contributed by atoms with Crippen LogP contribution in [-0.2, 0) is 0 Å². The molecule has 2 aromatic rings. The highest BCUT2D eigenvalue weighted by Crippen LogP contribution is 2.42. The Morgan fingerprint density at radius 3 is 2.65 bits per heavy atom. The van der Waals surface area contributed by atoms with Gasteiger partial charge in [-0.3, -0.25) is 4.98 Å². The minimum absolute atomic E-state index is 0.810. The number of aryl methyl sites for hydroxylation is 1. The quantitative estimate of drug-likeness (QED) is 0.742. The van der Waals surface area contributed by atoms with Crippen LogP contribution in [0.15, 0.2) is 36.7 Å². The molecule has 3 rings (SSSR count). The Hall–Kier alpha value is -1.63. The van der Waals surface area contributed by atoms with Crippen LogP contribution >= 0.6 is 0 Å². The molecule has 0 bridgehead atoms. The van der Waals surface area contributed by atoms with Gasteiger partial charge >= 0.3 is 0 Å². The number of hydrogen-bond donors (Lipinski definition) is 0. The molecule has 0 atom stereocenters. The van der Waals surface area contributed by atoms with Gasteiger partial charge in [0.15, 0.2) is 0 Å². The van der Waals surface area contributed by atoms with E-state index in [4.69, 9.17) is 0 Å². The van der Waals surface area contributed by atoms with Crippen molar-refractivity contribution in [3.8, 4) is 11.1 Å². The summed E-state index contributed by atoms with van der Waals surface area (Å²) in [5.74, 6) is 0.810. The summed E-state index contributed by atoms with van der Waals surface area (Å²) in [6, 6.07) is 8.86. The van der Waals surface area contributed by atoms with Crippen LogP contribution in [0.2, 0.25) is 0 Å². The number of aromatic nitrogens is 1. The number of rotatable bonds is 2. The molecule has 1 heteroatoms. The predicted octanol–water partition coefficient (Wildman–Crippen LogP) is 4.24. The van der Waals surface area contributed by atoms with Gasteiger partial charge in [0.2, 0.25) is 0 Å². The first-order valence-electron chi connectivity index (χ1n) is 6.27. The topological polar surface area (TPSA) is 12.9 Å². The van der Waals surface area contributed by atoms with E-state index in [9.17, 15) is 0 Å². The van der Waals surface area contributed by atoms with Gasteiger partial charge < -0.3 is 0 Å². The highest BCUT2D eigenvalue weighted by Gasteiger charge is 2.24. The van der Waals surface area contributed by atoms with E-state index in [1.54, 1.807) is 0 Å². The Balaban J connectivity index is 2.14. The van der Waals surface area contributed by atoms with Crippen molar-refractivity contribution in [1.82, 2.24) is 4.98 Å². The van der Waals surface area contributed by atoms with Crippen LogP contribution in [0, 0.1) is 13.8 Å². The summed E-state index contributed by atoms with van der Waals surface area (Å²) in [4.78, 5) is 4.22. The van der Waals surface area contributed by atoms with Gasteiger partial charge in [0.25, 0.3) is 0 Å². The van der Waals surface area contributed by atoms with Crippen molar-refractivity contribution in [3.63, 3.8) is 0 Å². The molecule has 1 heterocycles. The lowest BCUT2D eigenvalue weighted by molar-refractivity contribution is 1.11. The molecule has 0 spiro atoms. The Kier molecular flexibility index (Phi) is 2.47. The Morgan fingerprint density at radius 1 is 1.18 bits per heavy atom. The van der Waals surface area contributed by atoms with Gasteiger partial charge in [-0.2, -0.15) is 0 Å². The first-order valence-corrected chi connectivity index (χ1v) is 6.27. The van der Waals surface area contributed by atoms with Gasteiger partial charge in [-0.05, 0) is 60.9 Å². The molecule has 1 nitrogen and oxygen atoms in total. The van der Waals surface area contributed by atoms with Crippen molar-refractivity contribution in [2.45, 2.75) is 32.6 Å². The van der Waals surface area contributed by atoms with Gasteiger partial charge in [-0.15, -0.1) is 0 Å². The van der Waals surface area contributed by atoms with Crippen LogP contribution in [0.25, 0.3) is 11.1 Å². The van der Waals surface area contributed by atoms with Gasteiger partial charge in [-0.1, -0.05) is 18.2 Å². The van der Waals surface area contributed by atoms with Crippen molar-refractivity contribution < 1.29 is 0 Å². The summed E-state index contributed by atoms with van der Waals surface area (Å²) in [7, 11) is 0. The summed E-state index contributed by atoms with van der Waals surface area (Å²) in [5.41, 5.74) is 6.86. The lowest BCUT2D eigenvalue weighted by atomic mass is 9.94. The molecule has 1 aromatic heterocycles. The van der Waals surface area contributed by atoms with E-state index in [2.05, 4.69) is 37.0 Å². The predicted molar refractivity (Wildman–Crippen MR) is 71.1 cm³/mol. The maximum Gasteiger partial charge on any atom is 0.0346 e. The van der Waals surface area contributed by atoms with Crippen molar-refractivity contribution in [3.05, 3.63) is 53.3 Å². The Labute approximate surface area is 103 Å². The maximum absolute atomic E-state index is 4.22. The molecule has 1 aliphatic carbocycles. The minimum atomic E-state index is 0.810. The van der Waals surface area contributed by atoms with E-state index in [1.807, 2.05) is 18.5 Å². The van der Waals surface area contributed by atoms with E-state index < -0.39 is 0 Å². The Morgan fingerprint density at radius 2 is 2.00 bits per heavy atom. The number of hydrogen-bond acceptors (Lipinski definition) is 1. The molecular weight excluding hydrogens is 206 g/mol. The van der Waals surface area contributed by atoms with Gasteiger partial charge in [0.1, 0.15) is 0 Å². The van der Waals surface area contributed by atoms with Gasteiger partial charge in [0, 0.05) is 18.0 Å². The molecule has 0 N–H and O–H groups in total.